The van der Waals surface area contributed by atoms with E-state index in [1.54, 1.807) is 6.33 Å². The summed E-state index contributed by atoms with van der Waals surface area (Å²) in [5, 5.41) is 4.08. The number of aryl methyl sites for hydroxylation is 1. The van der Waals surface area contributed by atoms with Gasteiger partial charge in [0.2, 0.25) is 0 Å². The molecular formula is C18H13N5O2. The van der Waals surface area contributed by atoms with E-state index < -0.39 is 0 Å². The number of rotatable bonds is 3. The second-order valence-corrected chi connectivity index (χ2v) is 5.79. The predicted molar refractivity (Wildman–Crippen MR) is 90.9 cm³/mol. The lowest BCUT2D eigenvalue weighted by atomic mass is 10.2. The van der Waals surface area contributed by atoms with Crippen LogP contribution in [0.3, 0.4) is 0 Å². The number of oxazole rings is 1. The molecule has 25 heavy (non-hydrogen) atoms. The van der Waals surface area contributed by atoms with E-state index in [1.807, 2.05) is 54.0 Å². The Morgan fingerprint density at radius 1 is 1.04 bits per heavy atom. The Kier molecular flexibility index (Phi) is 2.93. The number of hydrogen-bond acceptors (Lipinski definition) is 6. The minimum atomic E-state index is 0.460. The Balaban J connectivity index is 1.48. The summed E-state index contributed by atoms with van der Waals surface area (Å²) in [5.41, 5.74) is 4.31. The Hall–Kier alpha value is -3.48. The number of fused-ring (bicyclic) bond motifs is 2. The van der Waals surface area contributed by atoms with Crippen molar-refractivity contribution >= 4 is 22.1 Å². The normalized spacial score (nSPS) is 11.6. The monoisotopic (exact) mass is 331 g/mol. The maximum atomic E-state index is 5.49. The average Bonchev–Trinajstić information content (AvgIpc) is 3.33. The first-order valence-electron chi connectivity index (χ1n) is 7.86. The zero-order valence-corrected chi connectivity index (χ0v) is 13.4. The Bertz CT molecular complexity index is 1200. The van der Waals surface area contributed by atoms with E-state index in [2.05, 4.69) is 20.1 Å². The molecule has 0 atom stereocenters. The van der Waals surface area contributed by atoms with Gasteiger partial charge in [0, 0.05) is 12.5 Å². The van der Waals surface area contributed by atoms with Crippen molar-refractivity contribution < 1.29 is 8.94 Å². The molecule has 2 aromatic carbocycles. The van der Waals surface area contributed by atoms with Crippen LogP contribution in [0.15, 0.2) is 57.7 Å². The fraction of sp³-hybridized carbons (Fsp3) is 0.111. The van der Waals surface area contributed by atoms with Crippen LogP contribution in [0, 0.1) is 6.92 Å². The van der Waals surface area contributed by atoms with E-state index in [-0.39, 0.29) is 0 Å². The fourth-order valence-electron chi connectivity index (χ4n) is 2.90. The Labute approximate surface area is 141 Å². The summed E-state index contributed by atoms with van der Waals surface area (Å²) in [4.78, 5) is 13.2. The molecular weight excluding hydrogens is 318 g/mol. The summed E-state index contributed by atoms with van der Waals surface area (Å²) in [5.74, 6) is 1.68. The number of hydrogen-bond donors (Lipinski definition) is 0. The molecule has 0 aliphatic heterocycles. The summed E-state index contributed by atoms with van der Waals surface area (Å²) in [6.45, 7) is 2.31. The van der Waals surface area contributed by atoms with Crippen LogP contribution < -0.4 is 0 Å². The summed E-state index contributed by atoms with van der Waals surface area (Å²) >= 11 is 0. The molecule has 0 radical (unpaired) electrons. The van der Waals surface area contributed by atoms with Gasteiger partial charge in [-0.25, -0.2) is 9.97 Å². The van der Waals surface area contributed by atoms with Crippen LogP contribution in [0.4, 0.5) is 0 Å². The number of benzene rings is 2. The van der Waals surface area contributed by atoms with E-state index >= 15 is 0 Å². The largest absolute Gasteiger partial charge is 0.441 e. The number of imidazole rings is 1. The minimum Gasteiger partial charge on any atom is -0.441 e. The fourth-order valence-corrected chi connectivity index (χ4v) is 2.90. The molecule has 0 fully saturated rings. The molecule has 0 amide bonds. The molecule has 122 valence electrons. The molecule has 5 aromatic rings. The smallest absolute Gasteiger partial charge is 0.258 e. The Morgan fingerprint density at radius 3 is 2.92 bits per heavy atom. The topological polar surface area (TPSA) is 82.8 Å². The standard InChI is InChI=1S/C18H13N5O2/c1-11-20-14-8-12(6-7-16(14)24-11)18-21-17(22-25-18)9-23-10-19-13-4-2-3-5-15(13)23/h2-8,10H,9H2,1H3. The van der Waals surface area contributed by atoms with Crippen LogP contribution >= 0.6 is 0 Å². The zero-order valence-electron chi connectivity index (χ0n) is 13.4. The maximum Gasteiger partial charge on any atom is 0.258 e. The zero-order chi connectivity index (χ0) is 16.8. The lowest BCUT2D eigenvalue weighted by molar-refractivity contribution is 0.421. The molecule has 0 spiro atoms. The van der Waals surface area contributed by atoms with Crippen molar-refractivity contribution in [3.8, 4) is 11.5 Å². The highest BCUT2D eigenvalue weighted by Gasteiger charge is 2.12. The van der Waals surface area contributed by atoms with Gasteiger partial charge in [-0.3, -0.25) is 0 Å². The van der Waals surface area contributed by atoms with Gasteiger partial charge >= 0.3 is 0 Å². The molecule has 0 bridgehead atoms. The van der Waals surface area contributed by atoms with Crippen molar-refractivity contribution in [3.05, 3.63) is 60.5 Å². The van der Waals surface area contributed by atoms with Gasteiger partial charge in [-0.15, -0.1) is 0 Å². The van der Waals surface area contributed by atoms with E-state index in [4.69, 9.17) is 8.94 Å². The molecule has 0 aliphatic rings. The number of nitrogens with zero attached hydrogens (tertiary/aromatic N) is 5. The van der Waals surface area contributed by atoms with Gasteiger partial charge in [0.1, 0.15) is 5.52 Å². The summed E-state index contributed by atoms with van der Waals surface area (Å²) in [6.07, 6.45) is 1.78. The van der Waals surface area contributed by atoms with E-state index in [9.17, 15) is 0 Å². The van der Waals surface area contributed by atoms with Gasteiger partial charge in [0.15, 0.2) is 17.3 Å². The highest BCUT2D eigenvalue weighted by atomic mass is 16.5. The predicted octanol–water partition coefficient (Wildman–Crippen LogP) is 3.58. The second kappa shape index (κ2) is 5.27. The quantitative estimate of drug-likeness (QED) is 0.502. The molecule has 0 saturated carbocycles. The van der Waals surface area contributed by atoms with Crippen LogP contribution in [0.1, 0.15) is 11.7 Å². The third-order valence-electron chi connectivity index (χ3n) is 4.05. The van der Waals surface area contributed by atoms with Crippen molar-refractivity contribution in [3.63, 3.8) is 0 Å². The van der Waals surface area contributed by atoms with E-state index in [1.165, 1.54) is 0 Å². The maximum absolute atomic E-state index is 5.49. The highest BCUT2D eigenvalue weighted by molar-refractivity contribution is 5.78. The average molecular weight is 331 g/mol. The second-order valence-electron chi connectivity index (χ2n) is 5.79. The Morgan fingerprint density at radius 2 is 1.96 bits per heavy atom. The van der Waals surface area contributed by atoms with Crippen molar-refractivity contribution in [1.82, 2.24) is 24.7 Å². The van der Waals surface area contributed by atoms with Crippen molar-refractivity contribution in [2.24, 2.45) is 0 Å². The first kappa shape index (κ1) is 13.9. The molecule has 0 N–H and O–H groups in total. The van der Waals surface area contributed by atoms with Gasteiger partial charge in [-0.1, -0.05) is 17.3 Å². The molecule has 7 nitrogen and oxygen atoms in total. The first-order chi connectivity index (χ1) is 12.3. The third-order valence-corrected chi connectivity index (χ3v) is 4.05. The molecule has 0 unspecified atom stereocenters. The molecule has 7 heteroatoms. The highest BCUT2D eigenvalue weighted by Crippen LogP contribution is 2.24. The first-order valence-corrected chi connectivity index (χ1v) is 7.86. The molecule has 0 saturated heterocycles. The van der Waals surface area contributed by atoms with Crippen molar-refractivity contribution in [2.45, 2.75) is 13.5 Å². The van der Waals surface area contributed by atoms with Gasteiger partial charge in [-0.2, -0.15) is 4.98 Å². The van der Waals surface area contributed by atoms with Crippen LogP contribution in [0.5, 0.6) is 0 Å². The number of para-hydroxylation sites is 2. The van der Waals surface area contributed by atoms with Crippen molar-refractivity contribution in [1.29, 1.82) is 0 Å². The van der Waals surface area contributed by atoms with Crippen LogP contribution in [0.2, 0.25) is 0 Å². The lowest BCUT2D eigenvalue weighted by Gasteiger charge is -1.99. The van der Waals surface area contributed by atoms with Crippen LogP contribution in [0.25, 0.3) is 33.6 Å². The third kappa shape index (κ3) is 2.37. The number of aromatic nitrogens is 5. The van der Waals surface area contributed by atoms with Gasteiger partial charge < -0.3 is 13.5 Å². The van der Waals surface area contributed by atoms with E-state index in [0.717, 1.165) is 27.7 Å². The van der Waals surface area contributed by atoms with Crippen molar-refractivity contribution in [2.75, 3.05) is 0 Å². The molecule has 3 aromatic heterocycles. The van der Waals surface area contributed by atoms with E-state index in [0.29, 0.717) is 24.2 Å². The van der Waals surface area contributed by atoms with Gasteiger partial charge in [0.25, 0.3) is 5.89 Å². The van der Waals surface area contributed by atoms with Gasteiger partial charge in [0.05, 0.1) is 23.9 Å². The minimum absolute atomic E-state index is 0.460. The van der Waals surface area contributed by atoms with Gasteiger partial charge in [-0.05, 0) is 30.3 Å². The SMILES string of the molecule is Cc1nc2cc(-c3nc(Cn4cnc5ccccc54)no3)ccc2o1. The summed E-state index contributed by atoms with van der Waals surface area (Å²) < 4.78 is 12.9. The van der Waals surface area contributed by atoms with Crippen LogP contribution in [-0.4, -0.2) is 24.7 Å². The molecule has 5 rings (SSSR count). The van der Waals surface area contributed by atoms with Crippen LogP contribution in [-0.2, 0) is 6.54 Å². The molecule has 3 heterocycles. The summed E-state index contributed by atoms with van der Waals surface area (Å²) in [6, 6.07) is 13.6. The molecule has 0 aliphatic carbocycles. The lowest BCUT2D eigenvalue weighted by Crippen LogP contribution is -1.99. The summed E-state index contributed by atoms with van der Waals surface area (Å²) in [7, 11) is 0.